The summed E-state index contributed by atoms with van der Waals surface area (Å²) in [6.45, 7) is 6.55. The minimum absolute atomic E-state index is 0.0170. The molecular formula is C15H19NO4S. The number of aliphatic hydroxyl groups excluding tert-OH is 1. The normalized spacial score (nSPS) is 11.7. The zero-order valence-corrected chi connectivity index (χ0v) is 13.3. The van der Waals surface area contributed by atoms with E-state index in [4.69, 9.17) is 4.42 Å². The fourth-order valence-corrected chi connectivity index (χ4v) is 3.85. The van der Waals surface area contributed by atoms with Crippen molar-refractivity contribution in [3.05, 3.63) is 46.4 Å². The number of furan rings is 1. The van der Waals surface area contributed by atoms with E-state index in [1.807, 2.05) is 26.0 Å². The van der Waals surface area contributed by atoms with Gasteiger partial charge in [0, 0.05) is 5.56 Å². The predicted molar refractivity (Wildman–Crippen MR) is 80.8 cm³/mol. The topological polar surface area (TPSA) is 79.5 Å². The monoisotopic (exact) mass is 309 g/mol. The van der Waals surface area contributed by atoms with Gasteiger partial charge in [-0.25, -0.2) is 8.42 Å². The van der Waals surface area contributed by atoms with Crippen LogP contribution >= 0.6 is 0 Å². The molecule has 0 unspecified atom stereocenters. The van der Waals surface area contributed by atoms with Gasteiger partial charge in [-0.15, -0.1) is 0 Å². The Labute approximate surface area is 124 Å². The van der Waals surface area contributed by atoms with E-state index in [2.05, 4.69) is 4.72 Å². The van der Waals surface area contributed by atoms with E-state index in [0.717, 1.165) is 11.1 Å². The molecule has 0 spiro atoms. The molecule has 0 atom stereocenters. The van der Waals surface area contributed by atoms with Crippen LogP contribution in [0.15, 0.2) is 27.5 Å². The van der Waals surface area contributed by atoms with Gasteiger partial charge in [0.1, 0.15) is 16.4 Å². The number of aryl methyl sites for hydroxylation is 4. The third kappa shape index (κ3) is 2.96. The number of hydrogen-bond donors (Lipinski definition) is 2. The van der Waals surface area contributed by atoms with Crippen molar-refractivity contribution in [3.8, 4) is 0 Å². The van der Waals surface area contributed by atoms with E-state index in [1.54, 1.807) is 19.9 Å². The lowest BCUT2D eigenvalue weighted by Gasteiger charge is -2.12. The maximum Gasteiger partial charge on any atom is 0.265 e. The summed E-state index contributed by atoms with van der Waals surface area (Å²) in [4.78, 5) is 0.0170. The standard InChI is InChI=1S/C15H19NO4S/c1-9-5-6-10(2)14(7-9)16-21(18,19)15-12(4)20-11(3)13(15)8-17/h5-7,16-17H,8H2,1-4H3. The van der Waals surface area contributed by atoms with Gasteiger partial charge >= 0.3 is 0 Å². The van der Waals surface area contributed by atoms with Gasteiger partial charge in [-0.05, 0) is 44.9 Å². The summed E-state index contributed by atoms with van der Waals surface area (Å²) in [7, 11) is -3.81. The molecule has 0 aliphatic rings. The number of benzene rings is 1. The fourth-order valence-electron chi connectivity index (χ4n) is 2.29. The first-order valence-electron chi connectivity index (χ1n) is 6.56. The van der Waals surface area contributed by atoms with Crippen LogP contribution in [0.5, 0.6) is 0 Å². The summed E-state index contributed by atoms with van der Waals surface area (Å²) in [5.41, 5.74) is 2.61. The average Bonchev–Trinajstić information content (AvgIpc) is 2.68. The third-order valence-electron chi connectivity index (χ3n) is 3.39. The zero-order valence-electron chi connectivity index (χ0n) is 12.5. The largest absolute Gasteiger partial charge is 0.465 e. The molecule has 1 aromatic heterocycles. The van der Waals surface area contributed by atoms with Crippen LogP contribution in [-0.4, -0.2) is 13.5 Å². The van der Waals surface area contributed by atoms with E-state index in [9.17, 15) is 13.5 Å². The second-order valence-electron chi connectivity index (χ2n) is 5.10. The molecule has 0 amide bonds. The highest BCUT2D eigenvalue weighted by molar-refractivity contribution is 7.92. The molecule has 2 rings (SSSR count). The second-order valence-corrected chi connectivity index (χ2v) is 6.72. The SMILES string of the molecule is Cc1ccc(C)c(NS(=O)(=O)c2c(C)oc(C)c2CO)c1. The Morgan fingerprint density at radius 3 is 2.43 bits per heavy atom. The van der Waals surface area contributed by atoms with Crippen LogP contribution in [0.1, 0.15) is 28.2 Å². The highest BCUT2D eigenvalue weighted by Gasteiger charge is 2.27. The smallest absolute Gasteiger partial charge is 0.265 e. The maximum absolute atomic E-state index is 12.6. The van der Waals surface area contributed by atoms with Crippen LogP contribution in [0.4, 0.5) is 5.69 Å². The van der Waals surface area contributed by atoms with Crippen LogP contribution in [-0.2, 0) is 16.6 Å². The molecule has 0 aliphatic carbocycles. The molecule has 0 fully saturated rings. The maximum atomic E-state index is 12.6. The minimum Gasteiger partial charge on any atom is -0.465 e. The molecule has 0 bridgehead atoms. The molecular weight excluding hydrogens is 290 g/mol. The van der Waals surface area contributed by atoms with E-state index in [1.165, 1.54) is 0 Å². The van der Waals surface area contributed by atoms with Gasteiger partial charge in [0.15, 0.2) is 0 Å². The van der Waals surface area contributed by atoms with Gasteiger partial charge in [-0.2, -0.15) is 0 Å². The highest BCUT2D eigenvalue weighted by Crippen LogP contribution is 2.29. The molecule has 2 N–H and O–H groups in total. The molecule has 6 heteroatoms. The van der Waals surface area contributed by atoms with Crippen molar-refractivity contribution in [2.45, 2.75) is 39.2 Å². The number of rotatable bonds is 4. The van der Waals surface area contributed by atoms with Gasteiger partial charge in [-0.1, -0.05) is 12.1 Å². The van der Waals surface area contributed by atoms with Crippen molar-refractivity contribution >= 4 is 15.7 Å². The van der Waals surface area contributed by atoms with Gasteiger partial charge < -0.3 is 9.52 Å². The first kappa shape index (κ1) is 15.6. The Hall–Kier alpha value is -1.79. The molecule has 21 heavy (non-hydrogen) atoms. The molecule has 1 aromatic carbocycles. The van der Waals surface area contributed by atoms with E-state index in [0.29, 0.717) is 17.0 Å². The summed E-state index contributed by atoms with van der Waals surface area (Å²) >= 11 is 0. The first-order valence-corrected chi connectivity index (χ1v) is 8.04. The number of hydrogen-bond acceptors (Lipinski definition) is 4. The summed E-state index contributed by atoms with van der Waals surface area (Å²) in [5.74, 6) is 0.686. The van der Waals surface area contributed by atoms with Crippen molar-refractivity contribution in [2.24, 2.45) is 0 Å². The number of nitrogens with one attached hydrogen (secondary N) is 1. The Morgan fingerprint density at radius 1 is 1.14 bits per heavy atom. The molecule has 1 heterocycles. The first-order chi connectivity index (χ1) is 9.76. The van der Waals surface area contributed by atoms with Crippen molar-refractivity contribution in [1.29, 1.82) is 0 Å². The van der Waals surface area contributed by atoms with Crippen LogP contribution in [0.25, 0.3) is 0 Å². The minimum atomic E-state index is -3.81. The fraction of sp³-hybridized carbons (Fsp3) is 0.333. The lowest BCUT2D eigenvalue weighted by atomic mass is 10.1. The summed E-state index contributed by atoms with van der Waals surface area (Å²) < 4.78 is 33.1. The molecule has 0 saturated heterocycles. The van der Waals surface area contributed by atoms with Gasteiger partial charge in [0.2, 0.25) is 0 Å². The molecule has 0 radical (unpaired) electrons. The number of anilines is 1. The highest BCUT2D eigenvalue weighted by atomic mass is 32.2. The van der Waals surface area contributed by atoms with Crippen LogP contribution in [0.2, 0.25) is 0 Å². The van der Waals surface area contributed by atoms with E-state index < -0.39 is 10.0 Å². The van der Waals surface area contributed by atoms with Crippen LogP contribution in [0, 0.1) is 27.7 Å². The van der Waals surface area contributed by atoms with Crippen molar-refractivity contribution in [2.75, 3.05) is 4.72 Å². The molecule has 0 saturated carbocycles. The van der Waals surface area contributed by atoms with Gasteiger partial charge in [0.05, 0.1) is 12.3 Å². The van der Waals surface area contributed by atoms with Crippen LogP contribution < -0.4 is 4.72 Å². The van der Waals surface area contributed by atoms with Crippen molar-refractivity contribution < 1.29 is 17.9 Å². The van der Waals surface area contributed by atoms with E-state index >= 15 is 0 Å². The van der Waals surface area contributed by atoms with Gasteiger partial charge in [0.25, 0.3) is 10.0 Å². The second kappa shape index (κ2) is 5.54. The van der Waals surface area contributed by atoms with Gasteiger partial charge in [-0.3, -0.25) is 4.72 Å². The lowest BCUT2D eigenvalue weighted by Crippen LogP contribution is -2.16. The number of aliphatic hydroxyl groups is 1. The van der Waals surface area contributed by atoms with Crippen molar-refractivity contribution in [3.63, 3.8) is 0 Å². The Kier molecular flexibility index (Phi) is 4.11. The molecule has 114 valence electrons. The molecule has 2 aromatic rings. The Morgan fingerprint density at radius 2 is 1.81 bits per heavy atom. The Bertz CT molecular complexity index is 775. The van der Waals surface area contributed by atoms with Crippen LogP contribution in [0.3, 0.4) is 0 Å². The molecule has 5 nitrogen and oxygen atoms in total. The zero-order chi connectivity index (χ0) is 15.8. The Balaban J connectivity index is 2.51. The van der Waals surface area contributed by atoms with E-state index in [-0.39, 0.29) is 17.3 Å². The van der Waals surface area contributed by atoms with Crippen molar-refractivity contribution in [1.82, 2.24) is 0 Å². The lowest BCUT2D eigenvalue weighted by molar-refractivity contribution is 0.276. The predicted octanol–water partition coefficient (Wildman–Crippen LogP) is 2.81. The summed E-state index contributed by atoms with van der Waals surface area (Å²) in [5, 5.41) is 9.39. The molecule has 0 aliphatic heterocycles. The quantitative estimate of drug-likeness (QED) is 0.910. The number of sulfonamides is 1. The average molecular weight is 309 g/mol. The third-order valence-corrected chi connectivity index (χ3v) is 4.95. The summed E-state index contributed by atoms with van der Waals surface area (Å²) in [6.07, 6.45) is 0. The summed E-state index contributed by atoms with van der Waals surface area (Å²) in [6, 6.07) is 5.54.